The number of nitrogens with zero attached hydrogens (tertiary/aromatic N) is 2. The molecule has 0 unspecified atom stereocenters. The zero-order chi connectivity index (χ0) is 36.8. The number of ether oxygens (including phenoxy) is 1. The van der Waals surface area contributed by atoms with Crippen molar-refractivity contribution in [3.05, 3.63) is 148 Å². The molecule has 260 valence electrons. The quantitative estimate of drug-likeness (QED) is 0.0734. The van der Waals surface area contributed by atoms with Crippen LogP contribution in [0.15, 0.2) is 102 Å². The summed E-state index contributed by atoms with van der Waals surface area (Å²) in [6.07, 6.45) is -5.65. The molecule has 0 spiro atoms. The van der Waals surface area contributed by atoms with Crippen LogP contribution in [-0.4, -0.2) is 21.7 Å². The van der Waals surface area contributed by atoms with Gasteiger partial charge in [-0.1, -0.05) is 36.4 Å². The summed E-state index contributed by atoms with van der Waals surface area (Å²) in [5, 5.41) is 1.13. The van der Waals surface area contributed by atoms with Gasteiger partial charge in [-0.05, 0) is 82.5 Å². The van der Waals surface area contributed by atoms with E-state index in [0.717, 1.165) is 12.1 Å². The molecule has 0 N–H and O–H groups in total. The third-order valence-corrected chi connectivity index (χ3v) is 8.10. The average molecular weight is 765 g/mol. The molecule has 0 saturated heterocycles. The van der Waals surface area contributed by atoms with Crippen LogP contribution in [-0.2, 0) is 34.8 Å². The summed E-state index contributed by atoms with van der Waals surface area (Å²) in [6.45, 7) is 6.20. The second-order valence-electron chi connectivity index (χ2n) is 10.6. The Hall–Kier alpha value is -4.91. The monoisotopic (exact) mass is 764 g/mol. The molecule has 6 rings (SSSR count). The van der Waals surface area contributed by atoms with Gasteiger partial charge in [0.15, 0.2) is 0 Å². The van der Waals surface area contributed by atoms with Gasteiger partial charge in [0, 0.05) is 47.3 Å². The van der Waals surface area contributed by atoms with E-state index in [1.807, 2.05) is 0 Å². The van der Waals surface area contributed by atoms with Crippen molar-refractivity contribution in [3.63, 3.8) is 0 Å². The van der Waals surface area contributed by atoms with E-state index in [2.05, 4.69) is 22.6 Å². The Labute approximate surface area is 288 Å². The summed E-state index contributed by atoms with van der Waals surface area (Å²) in [5.41, 5.74) is -0.250. The van der Waals surface area contributed by atoms with Gasteiger partial charge in [0.1, 0.15) is 11.6 Å². The van der Waals surface area contributed by atoms with Crippen molar-refractivity contribution in [1.29, 1.82) is 0 Å². The molecule has 4 aromatic carbocycles. The van der Waals surface area contributed by atoms with Crippen LogP contribution in [0.5, 0.6) is 0 Å². The molecule has 0 aliphatic carbocycles. The summed E-state index contributed by atoms with van der Waals surface area (Å²) in [7, 11) is 0. The number of aromatic nitrogens is 2. The average Bonchev–Trinajstić information content (AvgIpc) is 3.64. The van der Waals surface area contributed by atoms with E-state index < -0.39 is 41.1 Å². The molecule has 6 aromatic rings. The predicted octanol–water partition coefficient (Wildman–Crippen LogP) is 10.6. The second kappa shape index (κ2) is 15.8. The Balaban J connectivity index is 0.000000217. The van der Waals surface area contributed by atoms with E-state index >= 15 is 0 Å². The molecule has 0 aliphatic rings. The molecule has 50 heavy (non-hydrogen) atoms. The molecule has 5 nitrogen and oxygen atoms in total. The van der Waals surface area contributed by atoms with Gasteiger partial charge in [0.05, 0.1) is 27.8 Å². The fourth-order valence-electron chi connectivity index (χ4n) is 5.27. The molecular formula is C36H25BrF8N2O3. The number of fused-ring (bicyclic) bond motifs is 2. The third-order valence-electron chi connectivity index (χ3n) is 7.50. The van der Waals surface area contributed by atoms with Crippen molar-refractivity contribution in [2.75, 3.05) is 6.61 Å². The van der Waals surface area contributed by atoms with E-state index in [1.165, 1.54) is 48.5 Å². The van der Waals surface area contributed by atoms with Crippen LogP contribution in [0.3, 0.4) is 0 Å². The zero-order valence-corrected chi connectivity index (χ0v) is 27.5. The van der Waals surface area contributed by atoms with Crippen LogP contribution < -0.4 is 0 Å². The minimum absolute atomic E-state index is 0.0624. The number of carbonyl (C=O) groups excluding carboxylic acids is 1. The van der Waals surface area contributed by atoms with Gasteiger partial charge in [-0.25, -0.2) is 13.6 Å². The molecule has 0 atom stereocenters. The first-order chi connectivity index (χ1) is 23.7. The van der Waals surface area contributed by atoms with Gasteiger partial charge < -0.3 is 13.9 Å². The topological polar surface area (TPSA) is 56.1 Å². The molecule has 0 amide bonds. The normalized spacial score (nSPS) is 11.4. The van der Waals surface area contributed by atoms with Gasteiger partial charge in [0.25, 0.3) is 0 Å². The van der Waals surface area contributed by atoms with Gasteiger partial charge in [0.2, 0.25) is 0 Å². The second-order valence-corrected chi connectivity index (χ2v) is 11.5. The van der Waals surface area contributed by atoms with Crippen molar-refractivity contribution in [1.82, 2.24) is 9.13 Å². The first-order valence-corrected chi connectivity index (χ1v) is 15.4. The first-order valence-electron chi connectivity index (χ1n) is 14.6. The standard InChI is InChI=1S/C19H15F4NO2.C16H10BrF4N.CO/c1-2-26-18(25)14-10-17-12(9-16(14)20)7-8-24(17)11-13-5-3-4-6-15(13)19(21,22)23;17-13-8-15-10(7-14(13)18)5-6-22(15)9-11-3-1-2-4-12(11)16(19,20)21;1-2/h3-10H,2,11H2,1H3;1-8H,9H2;. The Bertz CT molecular complexity index is 2150. The number of esters is 1. The molecule has 2 heterocycles. The fraction of sp³-hybridized carbons (Fsp3) is 0.167. The van der Waals surface area contributed by atoms with Crippen LogP contribution in [0, 0.1) is 18.3 Å². The molecule has 0 bridgehead atoms. The molecule has 0 aliphatic heterocycles. The number of carbonyl (C=O) groups is 1. The molecule has 0 saturated carbocycles. The predicted molar refractivity (Wildman–Crippen MR) is 172 cm³/mol. The van der Waals surface area contributed by atoms with E-state index in [4.69, 9.17) is 9.39 Å². The SMILES string of the molecule is CCOC(=O)c1cc2c(ccn2Cc2ccccc2C(F)(F)F)cc1F.Fc1cc2ccn(Cc3ccccc3C(F)(F)F)c2cc1Br.[C-]#[O+]. The van der Waals surface area contributed by atoms with E-state index in [0.29, 0.717) is 21.8 Å². The Kier molecular flexibility index (Phi) is 11.9. The number of halogens is 9. The summed E-state index contributed by atoms with van der Waals surface area (Å²) < 4.78 is 122. The van der Waals surface area contributed by atoms with Crippen molar-refractivity contribution in [2.45, 2.75) is 32.4 Å². The van der Waals surface area contributed by atoms with Crippen LogP contribution >= 0.6 is 15.9 Å². The van der Waals surface area contributed by atoms with Crippen molar-refractivity contribution >= 4 is 43.7 Å². The first kappa shape index (κ1) is 37.9. The summed E-state index contributed by atoms with van der Waals surface area (Å²) >= 11 is 3.10. The van der Waals surface area contributed by atoms with E-state index in [-0.39, 0.29) is 40.9 Å². The maximum atomic E-state index is 14.1. The fourth-order valence-corrected chi connectivity index (χ4v) is 5.60. The van der Waals surface area contributed by atoms with Gasteiger partial charge in [-0.3, -0.25) is 0 Å². The van der Waals surface area contributed by atoms with Crippen LogP contribution in [0.4, 0.5) is 35.1 Å². The molecular weight excluding hydrogens is 740 g/mol. The molecule has 2 aromatic heterocycles. The summed E-state index contributed by atoms with van der Waals surface area (Å²) in [5.74, 6) is -1.94. The number of rotatable bonds is 6. The van der Waals surface area contributed by atoms with Crippen LogP contribution in [0.1, 0.15) is 39.5 Å². The Morgan fingerprint density at radius 2 is 1.16 bits per heavy atom. The minimum atomic E-state index is -4.47. The van der Waals surface area contributed by atoms with Crippen molar-refractivity contribution in [3.8, 4) is 0 Å². The van der Waals surface area contributed by atoms with Crippen molar-refractivity contribution in [2.24, 2.45) is 0 Å². The third kappa shape index (κ3) is 8.62. The summed E-state index contributed by atoms with van der Waals surface area (Å²) in [4.78, 5) is 11.9. The van der Waals surface area contributed by atoms with E-state index in [1.54, 1.807) is 52.7 Å². The van der Waals surface area contributed by atoms with Gasteiger partial charge >= 0.3 is 29.6 Å². The van der Waals surface area contributed by atoms with Crippen LogP contribution in [0.25, 0.3) is 21.8 Å². The number of alkyl halides is 6. The Morgan fingerprint density at radius 1 is 0.720 bits per heavy atom. The Morgan fingerprint density at radius 3 is 1.62 bits per heavy atom. The van der Waals surface area contributed by atoms with Gasteiger partial charge in [-0.15, -0.1) is 0 Å². The number of benzene rings is 4. The zero-order valence-electron chi connectivity index (χ0n) is 25.9. The molecule has 14 heteroatoms. The molecule has 0 radical (unpaired) electrons. The summed E-state index contributed by atoms with van der Waals surface area (Å²) in [6, 6.07) is 19.4. The van der Waals surface area contributed by atoms with Crippen LogP contribution in [0.2, 0.25) is 0 Å². The molecule has 0 fully saturated rings. The maximum absolute atomic E-state index is 14.1. The van der Waals surface area contributed by atoms with E-state index in [9.17, 15) is 39.9 Å². The number of hydrogen-bond acceptors (Lipinski definition) is 2. The number of hydrogen-bond donors (Lipinski definition) is 0. The van der Waals surface area contributed by atoms with Crippen molar-refractivity contribution < 1.29 is 49.3 Å². The van der Waals surface area contributed by atoms with Gasteiger partial charge in [-0.2, -0.15) is 26.3 Å².